The van der Waals surface area contributed by atoms with E-state index in [0.717, 1.165) is 12.0 Å². The molecule has 0 aliphatic rings. The fraction of sp³-hybridized carbons (Fsp3) is 0.294. The largest absolute Gasteiger partial charge is 0.493 e. The molecule has 0 radical (unpaired) electrons. The number of aryl methyl sites for hydroxylation is 1. The van der Waals surface area contributed by atoms with Crippen molar-refractivity contribution in [1.82, 2.24) is 4.98 Å². The van der Waals surface area contributed by atoms with E-state index >= 15 is 0 Å². The number of carboxylic acid groups (broad SMARTS) is 1. The molecule has 0 aliphatic carbocycles. The maximum absolute atomic E-state index is 11.2. The number of nitrogens with zero attached hydrogens (tertiary/aromatic N) is 1. The molecule has 0 atom stereocenters. The summed E-state index contributed by atoms with van der Waals surface area (Å²) in [5.74, 6) is -0.304. The SMILES string of the molecule is CCCOc1cc(Cl)ccc1-c1ccc(C(=O)O)c(CC)n1. The van der Waals surface area contributed by atoms with Gasteiger partial charge in [0, 0.05) is 10.6 Å². The van der Waals surface area contributed by atoms with Crippen LogP contribution in [0.3, 0.4) is 0 Å². The Balaban J connectivity index is 2.49. The molecule has 0 saturated heterocycles. The van der Waals surface area contributed by atoms with E-state index in [1.54, 1.807) is 24.3 Å². The second-order valence-electron chi connectivity index (χ2n) is 4.84. The summed E-state index contributed by atoms with van der Waals surface area (Å²) in [7, 11) is 0. The minimum absolute atomic E-state index is 0.233. The number of carboxylic acids is 1. The number of halogens is 1. The predicted molar refractivity (Wildman–Crippen MR) is 86.8 cm³/mol. The fourth-order valence-electron chi connectivity index (χ4n) is 2.15. The summed E-state index contributed by atoms with van der Waals surface area (Å²) >= 11 is 6.03. The maximum Gasteiger partial charge on any atom is 0.337 e. The minimum Gasteiger partial charge on any atom is -0.493 e. The molecule has 0 amide bonds. The Morgan fingerprint density at radius 3 is 2.68 bits per heavy atom. The lowest BCUT2D eigenvalue weighted by molar-refractivity contribution is 0.0695. The second kappa shape index (κ2) is 7.27. The van der Waals surface area contributed by atoms with Crippen LogP contribution < -0.4 is 4.74 Å². The van der Waals surface area contributed by atoms with E-state index in [0.29, 0.717) is 35.2 Å². The maximum atomic E-state index is 11.2. The first-order chi connectivity index (χ1) is 10.6. The van der Waals surface area contributed by atoms with Crippen LogP contribution in [0.15, 0.2) is 30.3 Å². The molecule has 1 N–H and O–H groups in total. The molecule has 0 spiro atoms. The molecular formula is C17H18ClNO3. The van der Waals surface area contributed by atoms with E-state index in [1.165, 1.54) is 0 Å². The number of aromatic carboxylic acids is 1. The van der Waals surface area contributed by atoms with Crippen molar-refractivity contribution in [2.45, 2.75) is 26.7 Å². The van der Waals surface area contributed by atoms with Crippen LogP contribution in [-0.2, 0) is 6.42 Å². The third-order valence-corrected chi connectivity index (χ3v) is 3.46. The molecule has 1 aromatic carbocycles. The molecule has 0 fully saturated rings. The Morgan fingerprint density at radius 1 is 1.27 bits per heavy atom. The second-order valence-corrected chi connectivity index (χ2v) is 5.27. The van der Waals surface area contributed by atoms with Crippen LogP contribution in [0, 0.1) is 0 Å². The van der Waals surface area contributed by atoms with E-state index < -0.39 is 5.97 Å². The zero-order chi connectivity index (χ0) is 16.1. The van der Waals surface area contributed by atoms with Crippen molar-refractivity contribution >= 4 is 17.6 Å². The number of ether oxygens (including phenoxy) is 1. The molecule has 2 aromatic rings. The van der Waals surface area contributed by atoms with Gasteiger partial charge in [0.25, 0.3) is 0 Å². The molecule has 5 heteroatoms. The summed E-state index contributed by atoms with van der Waals surface area (Å²) < 4.78 is 5.73. The van der Waals surface area contributed by atoms with Crippen LogP contribution >= 0.6 is 11.6 Å². The van der Waals surface area contributed by atoms with Gasteiger partial charge >= 0.3 is 5.97 Å². The highest BCUT2D eigenvalue weighted by Gasteiger charge is 2.14. The summed E-state index contributed by atoms with van der Waals surface area (Å²) in [6, 6.07) is 8.65. The van der Waals surface area contributed by atoms with Gasteiger partial charge in [0.1, 0.15) is 5.75 Å². The number of aromatic nitrogens is 1. The molecule has 4 nitrogen and oxygen atoms in total. The van der Waals surface area contributed by atoms with Gasteiger partial charge in [-0.2, -0.15) is 0 Å². The first-order valence-electron chi connectivity index (χ1n) is 7.22. The van der Waals surface area contributed by atoms with Gasteiger partial charge in [0.15, 0.2) is 0 Å². The van der Waals surface area contributed by atoms with Crippen LogP contribution in [0.2, 0.25) is 5.02 Å². The molecule has 116 valence electrons. The number of benzene rings is 1. The topological polar surface area (TPSA) is 59.4 Å². The smallest absolute Gasteiger partial charge is 0.337 e. The quantitative estimate of drug-likeness (QED) is 0.854. The van der Waals surface area contributed by atoms with Crippen molar-refractivity contribution in [3.05, 3.63) is 46.6 Å². The Bertz CT molecular complexity index is 686. The van der Waals surface area contributed by atoms with E-state index in [1.807, 2.05) is 19.9 Å². The van der Waals surface area contributed by atoms with Crippen molar-refractivity contribution in [2.75, 3.05) is 6.61 Å². The van der Waals surface area contributed by atoms with Crippen LogP contribution in [0.4, 0.5) is 0 Å². The lowest BCUT2D eigenvalue weighted by Gasteiger charge is -2.12. The Morgan fingerprint density at radius 2 is 2.05 bits per heavy atom. The highest BCUT2D eigenvalue weighted by Crippen LogP contribution is 2.32. The van der Waals surface area contributed by atoms with E-state index in [4.69, 9.17) is 16.3 Å². The molecule has 22 heavy (non-hydrogen) atoms. The molecule has 1 aromatic heterocycles. The zero-order valence-corrected chi connectivity index (χ0v) is 13.4. The van der Waals surface area contributed by atoms with Crippen molar-refractivity contribution in [3.8, 4) is 17.0 Å². The number of carbonyl (C=O) groups is 1. The average molecular weight is 320 g/mol. The fourth-order valence-corrected chi connectivity index (χ4v) is 2.32. The molecule has 0 bridgehead atoms. The van der Waals surface area contributed by atoms with Crippen LogP contribution in [0.25, 0.3) is 11.3 Å². The Kier molecular flexibility index (Phi) is 5.39. The third kappa shape index (κ3) is 3.57. The first kappa shape index (κ1) is 16.3. The Labute approximate surface area is 134 Å². The summed E-state index contributed by atoms with van der Waals surface area (Å²) in [4.78, 5) is 15.7. The lowest BCUT2D eigenvalue weighted by Crippen LogP contribution is -2.05. The minimum atomic E-state index is -0.963. The average Bonchev–Trinajstić information content (AvgIpc) is 2.52. The normalized spacial score (nSPS) is 10.5. The number of pyridine rings is 1. The van der Waals surface area contributed by atoms with Gasteiger partial charge in [-0.05, 0) is 43.2 Å². The van der Waals surface area contributed by atoms with Gasteiger partial charge in [-0.25, -0.2) is 4.79 Å². The van der Waals surface area contributed by atoms with Gasteiger partial charge in [0.05, 0.1) is 23.6 Å². The monoisotopic (exact) mass is 319 g/mol. The third-order valence-electron chi connectivity index (χ3n) is 3.22. The van der Waals surface area contributed by atoms with Crippen molar-refractivity contribution in [1.29, 1.82) is 0 Å². The number of hydrogen-bond acceptors (Lipinski definition) is 3. The zero-order valence-electron chi connectivity index (χ0n) is 12.6. The molecule has 0 unspecified atom stereocenters. The van der Waals surface area contributed by atoms with Crippen LogP contribution in [0.5, 0.6) is 5.75 Å². The van der Waals surface area contributed by atoms with Gasteiger partial charge < -0.3 is 9.84 Å². The molecule has 0 aliphatic heterocycles. The van der Waals surface area contributed by atoms with E-state index in [2.05, 4.69) is 4.98 Å². The van der Waals surface area contributed by atoms with Crippen LogP contribution in [-0.4, -0.2) is 22.7 Å². The molecule has 2 rings (SSSR count). The van der Waals surface area contributed by atoms with E-state index in [9.17, 15) is 9.90 Å². The van der Waals surface area contributed by atoms with Gasteiger partial charge in [-0.15, -0.1) is 0 Å². The highest BCUT2D eigenvalue weighted by molar-refractivity contribution is 6.30. The van der Waals surface area contributed by atoms with Gasteiger partial charge in [0.2, 0.25) is 0 Å². The van der Waals surface area contributed by atoms with Crippen molar-refractivity contribution in [3.63, 3.8) is 0 Å². The standard InChI is InChI=1S/C17H18ClNO3/c1-3-9-22-16-10-11(18)5-6-12(16)15-8-7-13(17(20)21)14(4-2)19-15/h5-8,10H,3-4,9H2,1-2H3,(H,20,21). The van der Waals surface area contributed by atoms with Gasteiger partial charge in [-0.3, -0.25) is 4.98 Å². The van der Waals surface area contributed by atoms with Crippen LogP contribution in [0.1, 0.15) is 36.3 Å². The predicted octanol–water partition coefficient (Wildman–Crippen LogP) is 4.45. The number of hydrogen-bond donors (Lipinski definition) is 1. The lowest BCUT2D eigenvalue weighted by atomic mass is 10.1. The molecule has 0 saturated carbocycles. The highest BCUT2D eigenvalue weighted by atomic mass is 35.5. The number of rotatable bonds is 6. The summed E-state index contributed by atoms with van der Waals surface area (Å²) in [6.07, 6.45) is 1.44. The molecular weight excluding hydrogens is 302 g/mol. The first-order valence-corrected chi connectivity index (χ1v) is 7.60. The van der Waals surface area contributed by atoms with Crippen molar-refractivity contribution < 1.29 is 14.6 Å². The Hall–Kier alpha value is -2.07. The summed E-state index contributed by atoms with van der Waals surface area (Å²) in [5.41, 5.74) is 2.28. The van der Waals surface area contributed by atoms with Crippen molar-refractivity contribution in [2.24, 2.45) is 0 Å². The summed E-state index contributed by atoms with van der Waals surface area (Å²) in [5, 5.41) is 9.77. The molecule has 1 heterocycles. The van der Waals surface area contributed by atoms with E-state index in [-0.39, 0.29) is 5.56 Å². The summed E-state index contributed by atoms with van der Waals surface area (Å²) in [6.45, 7) is 4.50. The van der Waals surface area contributed by atoms with Gasteiger partial charge in [-0.1, -0.05) is 25.4 Å².